The SMILES string of the molecule is CN1CCCC12CCN(C(=O)c1ccc(C(=O)N3CCC4(CCCN4C)CC3)cc1)CC2. The standard InChI is InChI=1S/C26H38N4O2/c1-27-15-3-9-25(27)11-17-29(18-12-25)23(31)21-5-7-22(8-6-21)24(32)30-19-13-26(14-20-30)10-4-16-28(26)2/h5-8H,3-4,9-20H2,1-2H3. The predicted molar refractivity (Wildman–Crippen MR) is 126 cm³/mol. The first-order chi connectivity index (χ1) is 15.4. The van der Waals surface area contributed by atoms with Gasteiger partial charge in [0.15, 0.2) is 0 Å². The first kappa shape index (κ1) is 21.9. The van der Waals surface area contributed by atoms with Gasteiger partial charge in [0, 0.05) is 48.4 Å². The molecule has 32 heavy (non-hydrogen) atoms. The highest BCUT2D eigenvalue weighted by Gasteiger charge is 2.43. The molecule has 2 spiro atoms. The highest BCUT2D eigenvalue weighted by atomic mass is 16.2. The third-order valence-electron chi connectivity index (χ3n) is 9.23. The zero-order valence-electron chi connectivity index (χ0n) is 19.8. The minimum atomic E-state index is 0.101. The molecule has 174 valence electrons. The largest absolute Gasteiger partial charge is 0.339 e. The van der Waals surface area contributed by atoms with Crippen LogP contribution < -0.4 is 0 Å². The summed E-state index contributed by atoms with van der Waals surface area (Å²) < 4.78 is 0. The highest BCUT2D eigenvalue weighted by Crippen LogP contribution is 2.38. The van der Waals surface area contributed by atoms with Crippen molar-refractivity contribution in [2.24, 2.45) is 0 Å². The van der Waals surface area contributed by atoms with Crippen LogP contribution in [0.25, 0.3) is 0 Å². The van der Waals surface area contributed by atoms with Crippen molar-refractivity contribution >= 4 is 11.8 Å². The number of likely N-dealkylation sites (tertiary alicyclic amines) is 4. The van der Waals surface area contributed by atoms with Gasteiger partial charge in [0.2, 0.25) is 0 Å². The van der Waals surface area contributed by atoms with Gasteiger partial charge in [0.05, 0.1) is 0 Å². The van der Waals surface area contributed by atoms with Crippen LogP contribution in [0.1, 0.15) is 72.1 Å². The molecule has 0 radical (unpaired) electrons. The first-order valence-corrected chi connectivity index (χ1v) is 12.5. The molecule has 4 saturated heterocycles. The fraction of sp³-hybridized carbons (Fsp3) is 0.692. The van der Waals surface area contributed by atoms with Gasteiger partial charge < -0.3 is 19.6 Å². The number of rotatable bonds is 2. The predicted octanol–water partition coefficient (Wildman–Crippen LogP) is 3.09. The van der Waals surface area contributed by atoms with Crippen molar-refractivity contribution in [2.75, 3.05) is 53.4 Å². The number of hydrogen-bond donors (Lipinski definition) is 0. The molecule has 5 rings (SSSR count). The van der Waals surface area contributed by atoms with E-state index in [1.165, 1.54) is 38.8 Å². The van der Waals surface area contributed by atoms with Crippen LogP contribution >= 0.6 is 0 Å². The zero-order valence-corrected chi connectivity index (χ0v) is 19.8. The molecular formula is C26H38N4O2. The summed E-state index contributed by atoms with van der Waals surface area (Å²) in [7, 11) is 4.46. The molecule has 1 aromatic rings. The van der Waals surface area contributed by atoms with E-state index in [4.69, 9.17) is 0 Å². The van der Waals surface area contributed by atoms with Gasteiger partial charge in [0.1, 0.15) is 0 Å². The van der Waals surface area contributed by atoms with Crippen molar-refractivity contribution in [3.63, 3.8) is 0 Å². The van der Waals surface area contributed by atoms with E-state index in [-0.39, 0.29) is 11.8 Å². The third kappa shape index (κ3) is 3.75. The van der Waals surface area contributed by atoms with E-state index < -0.39 is 0 Å². The molecule has 0 bridgehead atoms. The fourth-order valence-electron chi connectivity index (χ4n) is 6.78. The number of amides is 2. The zero-order chi connectivity index (χ0) is 22.3. The van der Waals surface area contributed by atoms with E-state index in [0.29, 0.717) is 22.2 Å². The first-order valence-electron chi connectivity index (χ1n) is 12.5. The number of carbonyl (C=O) groups excluding carboxylic acids is 2. The Labute approximate surface area is 192 Å². The molecule has 0 atom stereocenters. The lowest BCUT2D eigenvalue weighted by Gasteiger charge is -2.44. The van der Waals surface area contributed by atoms with E-state index in [0.717, 1.165) is 51.9 Å². The van der Waals surface area contributed by atoms with Crippen LogP contribution in [0.3, 0.4) is 0 Å². The van der Waals surface area contributed by atoms with Gasteiger partial charge in [0.25, 0.3) is 11.8 Å². The lowest BCUT2D eigenvalue weighted by atomic mass is 9.85. The fourth-order valence-corrected chi connectivity index (χ4v) is 6.78. The summed E-state index contributed by atoms with van der Waals surface area (Å²) in [6.45, 7) is 5.67. The van der Waals surface area contributed by atoms with Crippen LogP contribution in [0.15, 0.2) is 24.3 Å². The average Bonchev–Trinajstić information content (AvgIpc) is 3.36. The molecular weight excluding hydrogens is 400 g/mol. The van der Waals surface area contributed by atoms with Gasteiger partial charge in [-0.15, -0.1) is 0 Å². The molecule has 6 heteroatoms. The molecule has 4 heterocycles. The van der Waals surface area contributed by atoms with Crippen LogP contribution in [0.5, 0.6) is 0 Å². The maximum atomic E-state index is 13.1. The molecule has 0 N–H and O–H groups in total. The molecule has 4 aliphatic heterocycles. The van der Waals surface area contributed by atoms with Crippen molar-refractivity contribution in [2.45, 2.75) is 62.4 Å². The second kappa shape index (κ2) is 8.45. The maximum absolute atomic E-state index is 13.1. The summed E-state index contributed by atoms with van der Waals surface area (Å²) >= 11 is 0. The van der Waals surface area contributed by atoms with E-state index in [1.54, 1.807) is 0 Å². The number of benzene rings is 1. The van der Waals surface area contributed by atoms with Gasteiger partial charge in [-0.3, -0.25) is 9.59 Å². The minimum Gasteiger partial charge on any atom is -0.339 e. The number of piperidine rings is 2. The normalized spacial score (nSPS) is 25.7. The number of hydrogen-bond acceptors (Lipinski definition) is 4. The highest BCUT2D eigenvalue weighted by molar-refractivity contribution is 5.98. The maximum Gasteiger partial charge on any atom is 0.253 e. The van der Waals surface area contributed by atoms with Crippen LogP contribution in [0.2, 0.25) is 0 Å². The van der Waals surface area contributed by atoms with Crippen LogP contribution in [-0.2, 0) is 0 Å². The van der Waals surface area contributed by atoms with Crippen molar-refractivity contribution in [3.8, 4) is 0 Å². The van der Waals surface area contributed by atoms with Crippen molar-refractivity contribution < 1.29 is 9.59 Å². The molecule has 0 aliphatic carbocycles. The van der Waals surface area contributed by atoms with Crippen molar-refractivity contribution in [1.82, 2.24) is 19.6 Å². The molecule has 4 aliphatic rings. The van der Waals surface area contributed by atoms with E-state index in [1.807, 2.05) is 34.1 Å². The topological polar surface area (TPSA) is 47.1 Å². The summed E-state index contributed by atoms with van der Waals surface area (Å²) in [6.07, 6.45) is 9.33. The molecule has 0 saturated carbocycles. The summed E-state index contributed by atoms with van der Waals surface area (Å²) in [5, 5.41) is 0. The molecule has 0 unspecified atom stereocenters. The van der Waals surface area contributed by atoms with Crippen molar-refractivity contribution in [3.05, 3.63) is 35.4 Å². The number of carbonyl (C=O) groups is 2. The summed E-state index contributed by atoms with van der Waals surface area (Å²) in [6, 6.07) is 7.38. The lowest BCUT2D eigenvalue weighted by molar-refractivity contribution is 0.0482. The Morgan fingerprint density at radius 1 is 0.594 bits per heavy atom. The Kier molecular flexibility index (Phi) is 5.79. The van der Waals surface area contributed by atoms with Gasteiger partial charge >= 0.3 is 0 Å². The summed E-state index contributed by atoms with van der Waals surface area (Å²) in [5.41, 5.74) is 2.02. The van der Waals surface area contributed by atoms with Crippen LogP contribution in [-0.4, -0.2) is 95.9 Å². The Bertz CT molecular complexity index is 780. The van der Waals surface area contributed by atoms with Gasteiger partial charge in [-0.25, -0.2) is 0 Å². The Hall–Kier alpha value is -1.92. The molecule has 0 aromatic heterocycles. The minimum absolute atomic E-state index is 0.101. The van der Waals surface area contributed by atoms with Crippen LogP contribution in [0, 0.1) is 0 Å². The van der Waals surface area contributed by atoms with Crippen LogP contribution in [0.4, 0.5) is 0 Å². The molecule has 4 fully saturated rings. The summed E-state index contributed by atoms with van der Waals surface area (Å²) in [4.78, 5) is 35.1. The smallest absolute Gasteiger partial charge is 0.253 e. The average molecular weight is 439 g/mol. The third-order valence-corrected chi connectivity index (χ3v) is 9.23. The van der Waals surface area contributed by atoms with Crippen molar-refractivity contribution in [1.29, 1.82) is 0 Å². The van der Waals surface area contributed by atoms with E-state index in [2.05, 4.69) is 23.9 Å². The molecule has 6 nitrogen and oxygen atoms in total. The Morgan fingerprint density at radius 2 is 0.938 bits per heavy atom. The monoisotopic (exact) mass is 438 g/mol. The second-order valence-corrected chi connectivity index (χ2v) is 10.7. The lowest BCUT2D eigenvalue weighted by Crippen LogP contribution is -2.52. The second-order valence-electron chi connectivity index (χ2n) is 10.7. The van der Waals surface area contributed by atoms with Gasteiger partial charge in [-0.1, -0.05) is 0 Å². The van der Waals surface area contributed by atoms with Gasteiger partial charge in [-0.05, 0) is 103 Å². The molecule has 2 amide bonds. The van der Waals surface area contributed by atoms with E-state index in [9.17, 15) is 9.59 Å². The summed E-state index contributed by atoms with van der Waals surface area (Å²) in [5.74, 6) is 0.201. The molecule has 1 aromatic carbocycles. The Balaban J connectivity index is 1.17. The quantitative estimate of drug-likeness (QED) is 0.712. The Morgan fingerprint density at radius 3 is 1.22 bits per heavy atom. The number of nitrogens with zero attached hydrogens (tertiary/aromatic N) is 4. The van der Waals surface area contributed by atoms with Gasteiger partial charge in [-0.2, -0.15) is 0 Å². The van der Waals surface area contributed by atoms with E-state index >= 15 is 0 Å².